The molecule has 2 aromatic carbocycles. The van der Waals surface area contributed by atoms with Crippen LogP contribution in [0.2, 0.25) is 0 Å². The molecule has 0 bridgehead atoms. The van der Waals surface area contributed by atoms with Gasteiger partial charge in [-0.15, -0.1) is 0 Å². The first-order valence-electron chi connectivity index (χ1n) is 6.86. The maximum absolute atomic E-state index is 11.7. The van der Waals surface area contributed by atoms with Crippen molar-refractivity contribution in [2.45, 2.75) is 42.9 Å². The van der Waals surface area contributed by atoms with Gasteiger partial charge in [-0.1, -0.05) is 60.6 Å². The third-order valence-electron chi connectivity index (χ3n) is 3.27. The van der Waals surface area contributed by atoms with Gasteiger partial charge in [-0.05, 0) is 48.2 Å². The smallest absolute Gasteiger partial charge is 0.160 e. The summed E-state index contributed by atoms with van der Waals surface area (Å²) < 4.78 is 0.987. The van der Waals surface area contributed by atoms with Crippen molar-refractivity contribution in [1.29, 1.82) is 0 Å². The van der Waals surface area contributed by atoms with Crippen molar-refractivity contribution in [3.8, 4) is 0 Å². The van der Waals surface area contributed by atoms with Gasteiger partial charge >= 0.3 is 0 Å². The third kappa shape index (κ3) is 4.21. The molecule has 0 aliphatic rings. The van der Waals surface area contributed by atoms with Crippen molar-refractivity contribution in [3.05, 3.63) is 58.1 Å². The van der Waals surface area contributed by atoms with E-state index in [4.69, 9.17) is 0 Å². The minimum Gasteiger partial charge on any atom is -0.294 e. The number of hydrogen-bond acceptors (Lipinski definition) is 2. The Bertz CT molecular complexity index is 654. The molecule has 0 saturated carbocycles. The summed E-state index contributed by atoms with van der Waals surface area (Å²) in [6, 6.07) is 14.3. The minimum absolute atomic E-state index is 0.0938. The highest BCUT2D eigenvalue weighted by Gasteiger charge is 2.14. The molecular formula is C18H19BrOS. The van der Waals surface area contributed by atoms with Crippen LogP contribution in [-0.4, -0.2) is 5.78 Å². The SMILES string of the molecule is CC(=O)c1ccc(Br)cc1Sc1ccc(C(C)(C)C)cc1. The van der Waals surface area contributed by atoms with Crippen LogP contribution in [0.1, 0.15) is 43.6 Å². The fourth-order valence-corrected chi connectivity index (χ4v) is 3.57. The molecule has 1 nitrogen and oxygen atoms in total. The zero-order valence-electron chi connectivity index (χ0n) is 12.7. The summed E-state index contributed by atoms with van der Waals surface area (Å²) in [5.41, 5.74) is 2.24. The Kier molecular flexibility index (Phi) is 4.95. The molecule has 0 aromatic heterocycles. The number of carbonyl (C=O) groups is 1. The Morgan fingerprint density at radius 1 is 1.05 bits per heavy atom. The van der Waals surface area contributed by atoms with Crippen LogP contribution in [0.5, 0.6) is 0 Å². The van der Waals surface area contributed by atoms with Gasteiger partial charge in [0.2, 0.25) is 0 Å². The molecule has 2 aromatic rings. The van der Waals surface area contributed by atoms with Gasteiger partial charge in [0.1, 0.15) is 0 Å². The van der Waals surface area contributed by atoms with Crippen LogP contribution in [0.15, 0.2) is 56.7 Å². The van der Waals surface area contributed by atoms with Gasteiger partial charge in [0, 0.05) is 19.8 Å². The van der Waals surface area contributed by atoms with Gasteiger partial charge in [0.15, 0.2) is 5.78 Å². The van der Waals surface area contributed by atoms with Gasteiger partial charge in [0.25, 0.3) is 0 Å². The summed E-state index contributed by atoms with van der Waals surface area (Å²) in [5, 5.41) is 0. The maximum atomic E-state index is 11.7. The molecule has 3 heteroatoms. The van der Waals surface area contributed by atoms with Crippen LogP contribution in [0.4, 0.5) is 0 Å². The van der Waals surface area contributed by atoms with E-state index in [2.05, 4.69) is 61.0 Å². The standard InChI is InChI=1S/C18H19BrOS/c1-12(20)16-10-7-14(19)11-17(16)21-15-8-5-13(6-9-15)18(2,3)4/h5-11H,1-4H3. The second-order valence-electron chi connectivity index (χ2n) is 6.07. The summed E-state index contributed by atoms with van der Waals surface area (Å²) in [6.45, 7) is 8.22. The van der Waals surface area contributed by atoms with Gasteiger partial charge < -0.3 is 0 Å². The lowest BCUT2D eigenvalue weighted by Gasteiger charge is -2.19. The predicted octanol–water partition coefficient (Wildman–Crippen LogP) is 6.10. The average Bonchev–Trinajstić information content (AvgIpc) is 2.38. The Hall–Kier alpha value is -1.06. The van der Waals surface area contributed by atoms with E-state index in [1.165, 1.54) is 5.56 Å². The minimum atomic E-state index is 0.0938. The Balaban J connectivity index is 2.30. The molecular weight excluding hydrogens is 344 g/mol. The van der Waals surface area contributed by atoms with Crippen molar-refractivity contribution >= 4 is 33.5 Å². The number of halogens is 1. The molecule has 0 heterocycles. The Labute approximate surface area is 139 Å². The molecule has 0 unspecified atom stereocenters. The zero-order chi connectivity index (χ0) is 15.6. The summed E-state index contributed by atoms with van der Waals surface area (Å²) in [4.78, 5) is 13.9. The number of Topliss-reactive ketones (excluding diaryl/α,β-unsaturated/α-hetero) is 1. The molecule has 0 amide bonds. The quantitative estimate of drug-likeness (QED) is 0.613. The van der Waals surface area contributed by atoms with E-state index in [0.29, 0.717) is 0 Å². The predicted molar refractivity (Wildman–Crippen MR) is 93.4 cm³/mol. The van der Waals surface area contributed by atoms with Crippen LogP contribution in [0.3, 0.4) is 0 Å². The first-order chi connectivity index (χ1) is 9.77. The number of ketones is 1. The molecule has 2 rings (SSSR count). The molecule has 0 saturated heterocycles. The molecule has 0 aliphatic heterocycles. The van der Waals surface area contributed by atoms with E-state index in [9.17, 15) is 4.79 Å². The van der Waals surface area contributed by atoms with Crippen LogP contribution in [0, 0.1) is 0 Å². The average molecular weight is 363 g/mol. The second-order valence-corrected chi connectivity index (χ2v) is 8.10. The molecule has 21 heavy (non-hydrogen) atoms. The van der Waals surface area contributed by atoms with E-state index in [1.807, 2.05) is 18.2 Å². The first kappa shape index (κ1) is 16.3. The van der Waals surface area contributed by atoms with E-state index in [0.717, 1.165) is 19.8 Å². The largest absolute Gasteiger partial charge is 0.294 e. The normalized spacial score (nSPS) is 11.5. The Morgan fingerprint density at radius 3 is 2.19 bits per heavy atom. The lowest BCUT2D eigenvalue weighted by atomic mass is 9.87. The van der Waals surface area contributed by atoms with Crippen molar-refractivity contribution in [2.24, 2.45) is 0 Å². The highest BCUT2D eigenvalue weighted by molar-refractivity contribution is 9.10. The van der Waals surface area contributed by atoms with E-state index in [-0.39, 0.29) is 11.2 Å². The Morgan fingerprint density at radius 2 is 1.67 bits per heavy atom. The summed E-state index contributed by atoms with van der Waals surface area (Å²) in [5.74, 6) is 0.0938. The summed E-state index contributed by atoms with van der Waals surface area (Å²) in [6.07, 6.45) is 0. The van der Waals surface area contributed by atoms with E-state index < -0.39 is 0 Å². The zero-order valence-corrected chi connectivity index (χ0v) is 15.1. The molecule has 0 N–H and O–H groups in total. The van der Waals surface area contributed by atoms with Crippen LogP contribution >= 0.6 is 27.7 Å². The maximum Gasteiger partial charge on any atom is 0.160 e. The van der Waals surface area contributed by atoms with Crippen molar-refractivity contribution in [1.82, 2.24) is 0 Å². The van der Waals surface area contributed by atoms with Crippen LogP contribution < -0.4 is 0 Å². The van der Waals surface area contributed by atoms with Crippen LogP contribution in [-0.2, 0) is 5.41 Å². The highest BCUT2D eigenvalue weighted by atomic mass is 79.9. The first-order valence-corrected chi connectivity index (χ1v) is 8.47. The summed E-state index contributed by atoms with van der Waals surface area (Å²) >= 11 is 5.10. The van der Waals surface area contributed by atoms with Gasteiger partial charge in [-0.2, -0.15) is 0 Å². The van der Waals surface area contributed by atoms with Gasteiger partial charge in [-0.3, -0.25) is 4.79 Å². The van der Waals surface area contributed by atoms with E-state index >= 15 is 0 Å². The topological polar surface area (TPSA) is 17.1 Å². The monoisotopic (exact) mass is 362 g/mol. The molecule has 0 fully saturated rings. The lowest BCUT2D eigenvalue weighted by Crippen LogP contribution is -2.10. The lowest BCUT2D eigenvalue weighted by molar-refractivity contribution is 0.101. The highest BCUT2D eigenvalue weighted by Crippen LogP contribution is 2.34. The third-order valence-corrected chi connectivity index (χ3v) is 4.83. The number of carbonyl (C=O) groups excluding carboxylic acids is 1. The van der Waals surface area contributed by atoms with Gasteiger partial charge in [-0.25, -0.2) is 0 Å². The molecule has 0 radical (unpaired) electrons. The number of hydrogen-bond donors (Lipinski definition) is 0. The molecule has 0 atom stereocenters. The second kappa shape index (κ2) is 6.37. The molecule has 0 spiro atoms. The van der Waals surface area contributed by atoms with E-state index in [1.54, 1.807) is 18.7 Å². The number of rotatable bonds is 3. The molecule has 0 aliphatic carbocycles. The van der Waals surface area contributed by atoms with Crippen molar-refractivity contribution in [2.75, 3.05) is 0 Å². The summed E-state index contributed by atoms with van der Waals surface area (Å²) in [7, 11) is 0. The molecule has 110 valence electrons. The fourth-order valence-electron chi connectivity index (χ4n) is 2.02. The van der Waals surface area contributed by atoms with Gasteiger partial charge in [0.05, 0.1) is 0 Å². The van der Waals surface area contributed by atoms with Crippen molar-refractivity contribution in [3.63, 3.8) is 0 Å². The van der Waals surface area contributed by atoms with Crippen LogP contribution in [0.25, 0.3) is 0 Å². The van der Waals surface area contributed by atoms with Crippen molar-refractivity contribution < 1.29 is 4.79 Å². The fraction of sp³-hybridized carbons (Fsp3) is 0.278. The number of benzene rings is 2.